The monoisotopic (exact) mass is 396 g/mol. The van der Waals surface area contributed by atoms with Crippen LogP contribution in [-0.4, -0.2) is 6.67 Å². The van der Waals surface area contributed by atoms with Crippen molar-refractivity contribution >= 4 is 11.4 Å². The van der Waals surface area contributed by atoms with Crippen molar-refractivity contribution in [3.05, 3.63) is 132 Å². The van der Waals surface area contributed by atoms with Gasteiger partial charge in [0.1, 0.15) is 5.66 Å². The minimum Gasteiger partial charge on any atom is -0.368 e. The summed E-state index contributed by atoms with van der Waals surface area (Å²) in [6.07, 6.45) is 0. The average molecular weight is 397 g/mol. The van der Waals surface area contributed by atoms with E-state index in [0.717, 1.165) is 29.2 Å². The smallest absolute Gasteiger partial charge is 0.116 e. The Bertz CT molecular complexity index is 891. The second kappa shape index (κ2) is 10.8. The average Bonchev–Trinajstić information content (AvgIpc) is 2.82. The van der Waals surface area contributed by atoms with Gasteiger partial charge in [-0.05, 0) is 35.4 Å². The Balaban J connectivity index is 0.000000171. The molecule has 4 aromatic carbocycles. The fourth-order valence-electron chi connectivity index (χ4n) is 2.95. The van der Waals surface area contributed by atoms with E-state index in [1.807, 2.05) is 121 Å². The quantitative estimate of drug-likeness (QED) is 0.347. The molecule has 0 aromatic heterocycles. The molecule has 30 heavy (non-hydrogen) atoms. The summed E-state index contributed by atoms with van der Waals surface area (Å²) in [6, 6.07) is 39.7. The first-order valence-electron chi connectivity index (χ1n) is 9.93. The molecular formula is C26H28N4. The van der Waals surface area contributed by atoms with Gasteiger partial charge in [0.2, 0.25) is 0 Å². The van der Waals surface area contributed by atoms with E-state index in [1.165, 1.54) is 0 Å². The van der Waals surface area contributed by atoms with Crippen LogP contribution in [0.15, 0.2) is 121 Å². The number of para-hydroxylation sites is 2. The molecule has 0 aliphatic carbocycles. The van der Waals surface area contributed by atoms with Crippen LogP contribution in [0.25, 0.3) is 0 Å². The maximum Gasteiger partial charge on any atom is 0.116 e. The summed E-state index contributed by atoms with van der Waals surface area (Å²) in [7, 11) is 0. The zero-order valence-corrected chi connectivity index (χ0v) is 16.9. The van der Waals surface area contributed by atoms with E-state index in [1.54, 1.807) is 0 Å². The molecule has 0 amide bonds. The van der Waals surface area contributed by atoms with Gasteiger partial charge in [0.25, 0.3) is 0 Å². The van der Waals surface area contributed by atoms with E-state index < -0.39 is 5.66 Å². The van der Waals surface area contributed by atoms with Gasteiger partial charge in [-0.25, -0.2) is 0 Å². The molecule has 4 rings (SSSR count). The Kier molecular flexibility index (Phi) is 7.61. The van der Waals surface area contributed by atoms with E-state index in [0.29, 0.717) is 0 Å². The Morgan fingerprint density at radius 3 is 1.10 bits per heavy atom. The molecule has 4 heteroatoms. The van der Waals surface area contributed by atoms with Gasteiger partial charge in [-0.2, -0.15) is 0 Å². The van der Waals surface area contributed by atoms with Crippen molar-refractivity contribution in [2.45, 2.75) is 5.66 Å². The van der Waals surface area contributed by atoms with E-state index >= 15 is 0 Å². The predicted octanol–water partition coefficient (Wildman–Crippen LogP) is 4.97. The first-order valence-corrected chi connectivity index (χ1v) is 9.93. The number of hydrogen-bond donors (Lipinski definition) is 4. The largest absolute Gasteiger partial charge is 0.368 e. The molecule has 0 atom stereocenters. The summed E-state index contributed by atoms with van der Waals surface area (Å²) in [4.78, 5) is 0. The minimum absolute atomic E-state index is 0.730. The van der Waals surface area contributed by atoms with Crippen molar-refractivity contribution in [1.82, 2.24) is 0 Å². The molecule has 4 aromatic rings. The molecule has 4 nitrogen and oxygen atoms in total. The van der Waals surface area contributed by atoms with Crippen LogP contribution in [-0.2, 0) is 5.66 Å². The highest BCUT2D eigenvalue weighted by molar-refractivity contribution is 5.47. The zero-order chi connectivity index (χ0) is 21.1. The highest BCUT2D eigenvalue weighted by Crippen LogP contribution is 2.20. The first kappa shape index (κ1) is 21.1. The van der Waals surface area contributed by atoms with Gasteiger partial charge in [0, 0.05) is 11.4 Å². The fraction of sp³-hybridized carbons (Fsp3) is 0.0769. The number of nitrogens with one attached hydrogen (secondary N) is 2. The predicted molar refractivity (Wildman–Crippen MR) is 127 cm³/mol. The lowest BCUT2D eigenvalue weighted by molar-refractivity contribution is 0.567. The molecule has 0 saturated heterocycles. The number of anilines is 2. The molecule has 0 spiro atoms. The second-order valence-electron chi connectivity index (χ2n) is 6.86. The summed E-state index contributed by atoms with van der Waals surface area (Å²) in [5.74, 6) is 0. The summed E-state index contributed by atoms with van der Waals surface area (Å²) in [6.45, 7) is 0.730. The highest BCUT2D eigenvalue weighted by Gasteiger charge is 2.23. The molecule has 0 fully saturated rings. The molecule has 0 aliphatic rings. The molecular weight excluding hydrogens is 368 g/mol. The van der Waals surface area contributed by atoms with E-state index in [-0.39, 0.29) is 0 Å². The van der Waals surface area contributed by atoms with Crippen LogP contribution < -0.4 is 22.1 Å². The maximum absolute atomic E-state index is 6.14. The van der Waals surface area contributed by atoms with Crippen LogP contribution in [0.4, 0.5) is 11.4 Å². The van der Waals surface area contributed by atoms with Crippen molar-refractivity contribution in [3.63, 3.8) is 0 Å². The van der Waals surface area contributed by atoms with Gasteiger partial charge < -0.3 is 22.1 Å². The van der Waals surface area contributed by atoms with Crippen LogP contribution in [0.2, 0.25) is 0 Å². The van der Waals surface area contributed by atoms with Gasteiger partial charge in [0.05, 0.1) is 6.67 Å². The molecule has 6 N–H and O–H groups in total. The highest BCUT2D eigenvalue weighted by atomic mass is 15.1. The lowest BCUT2D eigenvalue weighted by atomic mass is 9.93. The lowest BCUT2D eigenvalue weighted by Crippen LogP contribution is -2.46. The van der Waals surface area contributed by atoms with Crippen LogP contribution in [0.1, 0.15) is 11.1 Å². The number of hydrogen-bond acceptors (Lipinski definition) is 4. The molecule has 0 saturated carbocycles. The third-order valence-electron chi connectivity index (χ3n) is 4.64. The van der Waals surface area contributed by atoms with Gasteiger partial charge in [-0.15, -0.1) is 0 Å². The lowest BCUT2D eigenvalue weighted by Gasteiger charge is -2.25. The molecule has 0 unspecified atom stereocenters. The summed E-state index contributed by atoms with van der Waals surface area (Å²) < 4.78 is 0. The first-order chi connectivity index (χ1) is 14.7. The number of rotatable bonds is 6. The Morgan fingerprint density at radius 1 is 0.467 bits per heavy atom. The minimum atomic E-state index is -0.914. The van der Waals surface area contributed by atoms with Crippen molar-refractivity contribution in [2.75, 3.05) is 17.3 Å². The van der Waals surface area contributed by atoms with Gasteiger partial charge >= 0.3 is 0 Å². The van der Waals surface area contributed by atoms with Gasteiger partial charge in [0.15, 0.2) is 0 Å². The SMILES string of the molecule is NC(N)(c1ccccc1)c1ccccc1.c1ccc(NCNc2ccccc2)cc1. The zero-order valence-electron chi connectivity index (χ0n) is 16.9. The van der Waals surface area contributed by atoms with Gasteiger partial charge in [-0.3, -0.25) is 0 Å². The van der Waals surface area contributed by atoms with Crippen LogP contribution >= 0.6 is 0 Å². The summed E-state index contributed by atoms with van der Waals surface area (Å²) in [5, 5.41) is 6.56. The molecule has 0 bridgehead atoms. The number of benzene rings is 4. The van der Waals surface area contributed by atoms with Crippen LogP contribution in [0.5, 0.6) is 0 Å². The summed E-state index contributed by atoms with van der Waals surface area (Å²) in [5.41, 5.74) is 15.4. The Morgan fingerprint density at radius 2 is 0.767 bits per heavy atom. The Labute approximate surface area is 178 Å². The van der Waals surface area contributed by atoms with Crippen molar-refractivity contribution < 1.29 is 0 Å². The van der Waals surface area contributed by atoms with Crippen molar-refractivity contribution in [1.29, 1.82) is 0 Å². The fourth-order valence-corrected chi connectivity index (χ4v) is 2.95. The standard InChI is InChI=1S/2C13H14N2/c1-3-7-12(8-4-1)14-11-15-13-9-5-2-6-10-13;14-13(15,11-7-3-1-4-8-11)12-9-5-2-6-10-12/h1-10,14-15H,11H2;1-10H,14-15H2. The van der Waals surface area contributed by atoms with E-state index in [9.17, 15) is 0 Å². The summed E-state index contributed by atoms with van der Waals surface area (Å²) >= 11 is 0. The topological polar surface area (TPSA) is 76.1 Å². The van der Waals surface area contributed by atoms with Crippen molar-refractivity contribution in [2.24, 2.45) is 11.5 Å². The van der Waals surface area contributed by atoms with Crippen LogP contribution in [0.3, 0.4) is 0 Å². The molecule has 152 valence electrons. The maximum atomic E-state index is 6.14. The van der Waals surface area contributed by atoms with E-state index in [4.69, 9.17) is 11.5 Å². The molecule has 0 heterocycles. The molecule has 0 aliphatic heterocycles. The number of nitrogens with two attached hydrogens (primary N) is 2. The van der Waals surface area contributed by atoms with Gasteiger partial charge in [-0.1, -0.05) is 97.1 Å². The third-order valence-corrected chi connectivity index (χ3v) is 4.64. The third kappa shape index (κ3) is 6.21. The Hall–Kier alpha value is -3.60. The normalized spacial score (nSPS) is 10.5. The van der Waals surface area contributed by atoms with E-state index in [2.05, 4.69) is 10.6 Å². The van der Waals surface area contributed by atoms with Crippen molar-refractivity contribution in [3.8, 4) is 0 Å². The molecule has 0 radical (unpaired) electrons. The van der Waals surface area contributed by atoms with Crippen LogP contribution in [0, 0.1) is 0 Å². The second-order valence-corrected chi connectivity index (χ2v) is 6.86.